The summed E-state index contributed by atoms with van der Waals surface area (Å²) in [6.07, 6.45) is -1.41. The first kappa shape index (κ1) is 12.8. The largest absolute Gasteiger partial charge is 0.463 e. The molecule has 0 spiro atoms. The van der Waals surface area contributed by atoms with Gasteiger partial charge in [-0.3, -0.25) is 0 Å². The molecule has 78 valence electrons. The predicted octanol–water partition coefficient (Wildman–Crippen LogP) is 1.63. The zero-order valence-corrected chi connectivity index (χ0v) is 9.47. The Bertz CT molecular complexity index is 182. The average Bonchev–Trinajstić information content (AvgIpc) is 2.03. The third-order valence-corrected chi connectivity index (χ3v) is 2.34. The molecular weight excluding hydrogens is 243 g/mol. The minimum Gasteiger partial charge on any atom is -0.463 e. The van der Waals surface area contributed by atoms with E-state index in [1.807, 2.05) is 0 Å². The zero-order valence-electron chi connectivity index (χ0n) is 7.88. The Hall–Kier alpha value is -0.160. The third-order valence-electron chi connectivity index (χ3n) is 1.55. The summed E-state index contributed by atoms with van der Waals surface area (Å²) in [6.45, 7) is 4.88. The van der Waals surface area contributed by atoms with Crippen LogP contribution in [0.3, 0.4) is 0 Å². The maximum Gasteiger partial charge on any atom is 0.357 e. The molecule has 13 heavy (non-hydrogen) atoms. The Morgan fingerprint density at radius 1 is 1.69 bits per heavy atom. The van der Waals surface area contributed by atoms with Crippen LogP contribution in [-0.2, 0) is 9.53 Å². The lowest BCUT2D eigenvalue weighted by molar-refractivity contribution is -0.157. The van der Waals surface area contributed by atoms with Crippen molar-refractivity contribution in [2.24, 2.45) is 5.92 Å². The molecule has 0 saturated carbocycles. The number of carbonyl (C=O) groups is 1. The van der Waals surface area contributed by atoms with Crippen LogP contribution in [0, 0.1) is 5.92 Å². The topological polar surface area (TPSA) is 46.5 Å². The second kappa shape index (κ2) is 4.91. The van der Waals surface area contributed by atoms with Crippen molar-refractivity contribution < 1.29 is 19.0 Å². The molecule has 3 nitrogen and oxygen atoms in total. The van der Waals surface area contributed by atoms with Gasteiger partial charge in [0, 0.05) is 0 Å². The second-order valence-electron chi connectivity index (χ2n) is 3.03. The van der Waals surface area contributed by atoms with Crippen molar-refractivity contribution >= 4 is 21.9 Å². The maximum atomic E-state index is 13.5. The molecule has 0 fully saturated rings. The number of hydrogen-bond acceptors (Lipinski definition) is 3. The Morgan fingerprint density at radius 3 is 2.46 bits per heavy atom. The first-order valence-electron chi connectivity index (χ1n) is 4.07. The maximum absolute atomic E-state index is 13.5. The van der Waals surface area contributed by atoms with Crippen molar-refractivity contribution in [3.63, 3.8) is 0 Å². The standard InChI is InChI=1S/C8H14BrFO3/c1-4-13-7(12)8(9,10)6(11)5(2)3/h5-6,11H,4H2,1-3H3. The summed E-state index contributed by atoms with van der Waals surface area (Å²) in [5.74, 6) is -1.45. The molecule has 0 radical (unpaired) electrons. The highest BCUT2D eigenvalue weighted by molar-refractivity contribution is 9.10. The Balaban J connectivity index is 4.45. The molecule has 0 aromatic rings. The van der Waals surface area contributed by atoms with Crippen LogP contribution in [0.4, 0.5) is 4.39 Å². The van der Waals surface area contributed by atoms with E-state index < -0.39 is 16.7 Å². The van der Waals surface area contributed by atoms with Crippen molar-refractivity contribution in [3.05, 3.63) is 0 Å². The van der Waals surface area contributed by atoms with Crippen LogP contribution in [-0.4, -0.2) is 28.4 Å². The first-order valence-corrected chi connectivity index (χ1v) is 4.86. The molecule has 5 heteroatoms. The van der Waals surface area contributed by atoms with Gasteiger partial charge in [0.15, 0.2) is 0 Å². The van der Waals surface area contributed by atoms with E-state index in [9.17, 15) is 14.3 Å². The van der Waals surface area contributed by atoms with Crippen molar-refractivity contribution in [1.82, 2.24) is 0 Å². The number of esters is 1. The lowest BCUT2D eigenvalue weighted by atomic mass is 10.0. The van der Waals surface area contributed by atoms with Crippen LogP contribution >= 0.6 is 15.9 Å². The molecular formula is C8H14BrFO3. The van der Waals surface area contributed by atoms with E-state index in [-0.39, 0.29) is 12.5 Å². The smallest absolute Gasteiger partial charge is 0.357 e. The molecule has 0 rings (SSSR count). The molecule has 0 amide bonds. The molecule has 2 atom stereocenters. The van der Waals surface area contributed by atoms with Crippen LogP contribution in [0.1, 0.15) is 20.8 Å². The normalized spacial score (nSPS) is 18.1. The van der Waals surface area contributed by atoms with Gasteiger partial charge >= 0.3 is 5.97 Å². The predicted molar refractivity (Wildman–Crippen MR) is 50.2 cm³/mol. The van der Waals surface area contributed by atoms with Gasteiger partial charge in [-0.25, -0.2) is 9.18 Å². The van der Waals surface area contributed by atoms with Gasteiger partial charge in [0.2, 0.25) is 0 Å². The van der Waals surface area contributed by atoms with Gasteiger partial charge in [-0.2, -0.15) is 0 Å². The van der Waals surface area contributed by atoms with Crippen LogP contribution < -0.4 is 0 Å². The first-order chi connectivity index (χ1) is 5.84. The number of aliphatic hydroxyl groups is 1. The van der Waals surface area contributed by atoms with E-state index in [1.54, 1.807) is 20.8 Å². The van der Waals surface area contributed by atoms with Gasteiger partial charge in [-0.1, -0.05) is 13.8 Å². The molecule has 1 N–H and O–H groups in total. The molecule has 0 aliphatic carbocycles. The summed E-state index contributed by atoms with van der Waals surface area (Å²) in [4.78, 5) is 11.0. The van der Waals surface area contributed by atoms with E-state index in [4.69, 9.17) is 0 Å². The van der Waals surface area contributed by atoms with Gasteiger partial charge < -0.3 is 9.84 Å². The number of hydrogen-bond donors (Lipinski definition) is 1. The second-order valence-corrected chi connectivity index (χ2v) is 4.19. The van der Waals surface area contributed by atoms with E-state index in [2.05, 4.69) is 20.7 Å². The SMILES string of the molecule is CCOC(=O)C(F)(Br)C(O)C(C)C. The van der Waals surface area contributed by atoms with E-state index in [0.717, 1.165) is 0 Å². The van der Waals surface area contributed by atoms with E-state index >= 15 is 0 Å². The average molecular weight is 257 g/mol. The minimum atomic E-state index is -2.50. The van der Waals surface area contributed by atoms with Crippen LogP contribution in [0.15, 0.2) is 0 Å². The van der Waals surface area contributed by atoms with Gasteiger partial charge in [0.25, 0.3) is 4.58 Å². The molecule has 0 aliphatic rings. The fraction of sp³-hybridized carbons (Fsp3) is 0.875. The summed E-state index contributed by atoms with van der Waals surface area (Å²) in [5, 5.41) is 9.33. The highest BCUT2D eigenvalue weighted by Crippen LogP contribution is 2.30. The van der Waals surface area contributed by atoms with Gasteiger partial charge in [-0.15, -0.1) is 0 Å². The molecule has 0 saturated heterocycles. The Labute approximate surface area is 85.4 Å². The summed E-state index contributed by atoms with van der Waals surface area (Å²) < 4.78 is 15.5. The van der Waals surface area contributed by atoms with Crippen LogP contribution in [0.2, 0.25) is 0 Å². The zero-order chi connectivity index (χ0) is 10.6. The molecule has 0 bridgehead atoms. The monoisotopic (exact) mass is 256 g/mol. The van der Waals surface area contributed by atoms with Crippen LogP contribution in [0.25, 0.3) is 0 Å². The fourth-order valence-corrected chi connectivity index (χ4v) is 1.41. The quantitative estimate of drug-likeness (QED) is 0.615. The van der Waals surface area contributed by atoms with Crippen molar-refractivity contribution in [1.29, 1.82) is 0 Å². The summed E-state index contributed by atoms with van der Waals surface area (Å²) in [5.41, 5.74) is 0. The summed E-state index contributed by atoms with van der Waals surface area (Å²) >= 11 is 2.52. The molecule has 0 aromatic carbocycles. The molecule has 0 aliphatic heterocycles. The fourth-order valence-electron chi connectivity index (χ4n) is 0.767. The van der Waals surface area contributed by atoms with Crippen molar-refractivity contribution in [2.45, 2.75) is 31.5 Å². The Kier molecular flexibility index (Phi) is 4.85. The highest BCUT2D eigenvalue weighted by atomic mass is 79.9. The molecule has 0 aromatic heterocycles. The van der Waals surface area contributed by atoms with Gasteiger partial charge in [-0.05, 0) is 28.8 Å². The van der Waals surface area contributed by atoms with E-state index in [0.29, 0.717) is 0 Å². The van der Waals surface area contributed by atoms with Crippen molar-refractivity contribution in [3.8, 4) is 0 Å². The molecule has 2 unspecified atom stereocenters. The van der Waals surface area contributed by atoms with Gasteiger partial charge in [0.1, 0.15) is 6.10 Å². The number of carbonyl (C=O) groups excluding carboxylic acids is 1. The number of halogens is 2. The molecule has 0 heterocycles. The number of rotatable bonds is 4. The van der Waals surface area contributed by atoms with Crippen LogP contribution in [0.5, 0.6) is 0 Å². The minimum absolute atomic E-state index is 0.0842. The number of alkyl halides is 2. The lowest BCUT2D eigenvalue weighted by Crippen LogP contribution is -2.44. The third kappa shape index (κ3) is 3.23. The van der Waals surface area contributed by atoms with Gasteiger partial charge in [0.05, 0.1) is 6.61 Å². The summed E-state index contributed by atoms with van der Waals surface area (Å²) in [6, 6.07) is 0. The van der Waals surface area contributed by atoms with E-state index in [1.165, 1.54) is 0 Å². The number of ether oxygens (including phenoxy) is 1. The van der Waals surface area contributed by atoms with Crippen molar-refractivity contribution in [2.75, 3.05) is 6.61 Å². The highest BCUT2D eigenvalue weighted by Gasteiger charge is 2.46. The lowest BCUT2D eigenvalue weighted by Gasteiger charge is -2.24. The number of aliphatic hydroxyl groups excluding tert-OH is 1. The Morgan fingerprint density at radius 2 is 2.15 bits per heavy atom. The summed E-state index contributed by atoms with van der Waals surface area (Å²) in [7, 11) is 0.